The second kappa shape index (κ2) is 8.67. The predicted octanol–water partition coefficient (Wildman–Crippen LogP) is 3.60. The van der Waals surface area contributed by atoms with Crippen LogP contribution >= 0.6 is 0 Å². The van der Waals surface area contributed by atoms with Crippen molar-refractivity contribution in [3.05, 3.63) is 71.9 Å². The van der Waals surface area contributed by atoms with E-state index in [0.29, 0.717) is 18.5 Å². The van der Waals surface area contributed by atoms with Crippen LogP contribution in [0.4, 0.5) is 4.39 Å². The molecule has 3 aromatic rings. The Hall–Kier alpha value is -3.55. The number of carbonyl (C=O) groups excluding carboxylic acids is 2. The number of carbonyl (C=O) groups is 2. The Labute approximate surface area is 179 Å². The minimum absolute atomic E-state index is 0.185. The molecule has 1 N–H and O–H groups in total. The highest BCUT2D eigenvalue weighted by Crippen LogP contribution is 2.26. The van der Waals surface area contributed by atoms with Crippen LogP contribution in [0.15, 0.2) is 59.1 Å². The first-order valence-corrected chi connectivity index (χ1v) is 10.2. The lowest BCUT2D eigenvalue weighted by Gasteiger charge is -2.39. The van der Waals surface area contributed by atoms with Crippen LogP contribution in [0.25, 0.3) is 11.4 Å². The molecular weight excluding hydrogens is 399 g/mol. The molecule has 1 aromatic heterocycles. The average molecular weight is 422 g/mol. The summed E-state index contributed by atoms with van der Waals surface area (Å²) in [5.74, 6) is -0.898. The van der Waals surface area contributed by atoms with E-state index < -0.39 is 11.9 Å². The molecule has 1 saturated heterocycles. The Bertz CT molecular complexity index is 1070. The molecule has 0 saturated carbocycles. The average Bonchev–Trinajstić information content (AvgIpc) is 3.25. The minimum Gasteiger partial charge on any atom is -0.346 e. The number of nitrogens with zero attached hydrogens (tertiary/aromatic N) is 3. The lowest BCUT2D eigenvalue weighted by Crippen LogP contribution is -2.58. The van der Waals surface area contributed by atoms with Crippen molar-refractivity contribution in [1.29, 1.82) is 0 Å². The fourth-order valence-electron chi connectivity index (χ4n) is 3.71. The van der Waals surface area contributed by atoms with E-state index in [-0.39, 0.29) is 35.4 Å². The lowest BCUT2D eigenvalue weighted by atomic mass is 9.95. The topological polar surface area (TPSA) is 88.3 Å². The van der Waals surface area contributed by atoms with Gasteiger partial charge in [-0.25, -0.2) is 4.39 Å². The van der Waals surface area contributed by atoms with Crippen LogP contribution in [0.3, 0.4) is 0 Å². The number of amides is 2. The van der Waals surface area contributed by atoms with Crippen LogP contribution < -0.4 is 5.32 Å². The molecule has 31 heavy (non-hydrogen) atoms. The van der Waals surface area contributed by atoms with Gasteiger partial charge in [0.25, 0.3) is 0 Å². The minimum atomic E-state index is -0.631. The molecule has 160 valence electrons. The van der Waals surface area contributed by atoms with Crippen LogP contribution in [0.1, 0.15) is 42.6 Å². The van der Waals surface area contributed by atoms with E-state index in [9.17, 15) is 14.0 Å². The number of hydrogen-bond donors (Lipinski definition) is 1. The number of aromatic nitrogens is 2. The Morgan fingerprint density at radius 2 is 1.90 bits per heavy atom. The first-order valence-electron chi connectivity index (χ1n) is 10.2. The van der Waals surface area contributed by atoms with Gasteiger partial charge in [-0.15, -0.1) is 0 Å². The maximum absolute atomic E-state index is 13.3. The first-order chi connectivity index (χ1) is 14.9. The Kier molecular flexibility index (Phi) is 5.79. The van der Waals surface area contributed by atoms with E-state index in [1.807, 2.05) is 44.2 Å². The lowest BCUT2D eigenvalue weighted by molar-refractivity contribution is -0.130. The summed E-state index contributed by atoms with van der Waals surface area (Å²) in [4.78, 5) is 31.9. The smallest absolute Gasteiger partial charge is 0.316 e. The number of benzene rings is 2. The van der Waals surface area contributed by atoms with Gasteiger partial charge in [0.1, 0.15) is 11.9 Å². The van der Waals surface area contributed by atoms with Gasteiger partial charge in [-0.3, -0.25) is 9.59 Å². The monoisotopic (exact) mass is 422 g/mol. The van der Waals surface area contributed by atoms with Gasteiger partial charge in [-0.2, -0.15) is 4.98 Å². The Morgan fingerprint density at radius 3 is 2.58 bits per heavy atom. The Balaban J connectivity index is 1.62. The van der Waals surface area contributed by atoms with Gasteiger partial charge in [0.05, 0.1) is 6.04 Å². The molecule has 1 fully saturated rings. The SMILES string of the molecule is CC(C)C[C@H]1C(=O)N[C@@H](c2ccccc2)CN1C(=O)c1nc(-c2ccc(F)cc2)no1. The van der Waals surface area contributed by atoms with Crippen molar-refractivity contribution in [3.8, 4) is 11.4 Å². The van der Waals surface area contributed by atoms with Crippen LogP contribution in [0.5, 0.6) is 0 Å². The summed E-state index contributed by atoms with van der Waals surface area (Å²) in [7, 11) is 0. The second-order valence-corrected chi connectivity index (χ2v) is 8.00. The third-order valence-electron chi connectivity index (χ3n) is 5.24. The van der Waals surface area contributed by atoms with Gasteiger partial charge in [-0.1, -0.05) is 49.3 Å². The summed E-state index contributed by atoms with van der Waals surface area (Å²) >= 11 is 0. The summed E-state index contributed by atoms with van der Waals surface area (Å²) in [5, 5.41) is 6.88. The van der Waals surface area contributed by atoms with Gasteiger partial charge in [-0.05, 0) is 42.2 Å². The predicted molar refractivity (Wildman–Crippen MR) is 111 cm³/mol. The normalized spacial score (nSPS) is 18.8. The summed E-state index contributed by atoms with van der Waals surface area (Å²) in [6.07, 6.45) is 0.512. The van der Waals surface area contributed by atoms with E-state index >= 15 is 0 Å². The van der Waals surface area contributed by atoms with Crippen LogP contribution in [-0.4, -0.2) is 39.4 Å². The van der Waals surface area contributed by atoms with E-state index in [1.54, 1.807) is 0 Å². The molecule has 0 aliphatic carbocycles. The quantitative estimate of drug-likeness (QED) is 0.679. The molecule has 1 aliphatic heterocycles. The van der Waals surface area contributed by atoms with E-state index in [1.165, 1.54) is 29.2 Å². The maximum atomic E-state index is 13.3. The molecule has 2 aromatic carbocycles. The summed E-state index contributed by atoms with van der Waals surface area (Å²) in [6, 6.07) is 14.1. The van der Waals surface area contributed by atoms with Crippen molar-refractivity contribution in [3.63, 3.8) is 0 Å². The van der Waals surface area contributed by atoms with Crippen molar-refractivity contribution in [2.75, 3.05) is 6.54 Å². The van der Waals surface area contributed by atoms with Crippen molar-refractivity contribution < 1.29 is 18.5 Å². The van der Waals surface area contributed by atoms with Crippen LogP contribution in [0.2, 0.25) is 0 Å². The van der Waals surface area contributed by atoms with Crippen molar-refractivity contribution in [2.45, 2.75) is 32.4 Å². The maximum Gasteiger partial charge on any atom is 0.316 e. The van der Waals surface area contributed by atoms with Gasteiger partial charge >= 0.3 is 11.8 Å². The molecular formula is C23H23FN4O3. The standard InChI is InChI=1S/C23H23FN4O3/c1-14(2)12-19-21(29)25-18(15-6-4-3-5-7-15)13-28(19)23(30)22-26-20(27-31-22)16-8-10-17(24)11-9-16/h3-11,14,18-19H,12-13H2,1-2H3,(H,25,29)/t18-,19+/m1/s1. The van der Waals surface area contributed by atoms with E-state index in [0.717, 1.165) is 5.56 Å². The third-order valence-corrected chi connectivity index (χ3v) is 5.24. The number of hydrogen-bond acceptors (Lipinski definition) is 5. The van der Waals surface area contributed by atoms with Crippen molar-refractivity contribution >= 4 is 11.8 Å². The van der Waals surface area contributed by atoms with Crippen molar-refractivity contribution in [2.24, 2.45) is 5.92 Å². The molecule has 1 aliphatic rings. The highest BCUT2D eigenvalue weighted by Gasteiger charge is 2.40. The highest BCUT2D eigenvalue weighted by atomic mass is 19.1. The molecule has 2 amide bonds. The molecule has 2 heterocycles. The molecule has 4 rings (SSSR count). The molecule has 0 spiro atoms. The summed E-state index contributed by atoms with van der Waals surface area (Å²) < 4.78 is 18.4. The molecule has 0 bridgehead atoms. The first kappa shape index (κ1) is 20.7. The summed E-state index contributed by atoms with van der Waals surface area (Å²) in [5.41, 5.74) is 1.44. The second-order valence-electron chi connectivity index (χ2n) is 8.00. The van der Waals surface area contributed by atoms with Gasteiger partial charge < -0.3 is 14.7 Å². The van der Waals surface area contributed by atoms with Crippen LogP contribution in [-0.2, 0) is 4.79 Å². The third kappa shape index (κ3) is 4.47. The van der Waals surface area contributed by atoms with Gasteiger partial charge in [0.15, 0.2) is 0 Å². The number of nitrogens with one attached hydrogen (secondary N) is 1. The van der Waals surface area contributed by atoms with E-state index in [2.05, 4.69) is 15.5 Å². The molecule has 0 unspecified atom stereocenters. The van der Waals surface area contributed by atoms with Gasteiger partial charge in [0, 0.05) is 12.1 Å². The van der Waals surface area contributed by atoms with Crippen molar-refractivity contribution in [1.82, 2.24) is 20.4 Å². The number of piperazine rings is 1. The Morgan fingerprint density at radius 1 is 1.19 bits per heavy atom. The summed E-state index contributed by atoms with van der Waals surface area (Å²) in [6.45, 7) is 4.29. The zero-order valence-electron chi connectivity index (χ0n) is 17.3. The molecule has 8 heteroatoms. The number of rotatable bonds is 5. The van der Waals surface area contributed by atoms with E-state index in [4.69, 9.17) is 4.52 Å². The zero-order valence-corrected chi connectivity index (χ0v) is 17.3. The fourth-order valence-corrected chi connectivity index (χ4v) is 3.71. The molecule has 2 atom stereocenters. The zero-order chi connectivity index (χ0) is 22.0. The number of halogens is 1. The van der Waals surface area contributed by atoms with Gasteiger partial charge in [0.2, 0.25) is 11.7 Å². The van der Waals surface area contributed by atoms with Crippen LogP contribution in [0, 0.1) is 11.7 Å². The molecule has 0 radical (unpaired) electrons. The largest absolute Gasteiger partial charge is 0.346 e. The molecule has 7 nitrogen and oxygen atoms in total. The fraction of sp³-hybridized carbons (Fsp3) is 0.304. The highest BCUT2D eigenvalue weighted by molar-refractivity contribution is 5.95.